The minimum atomic E-state index is -0.212. The van der Waals surface area contributed by atoms with Crippen LogP contribution in [0.1, 0.15) is 22.3 Å². The number of aromatic nitrogens is 2. The predicted octanol–water partition coefficient (Wildman–Crippen LogP) is 3.05. The summed E-state index contributed by atoms with van der Waals surface area (Å²) in [6, 6.07) is 12.2. The van der Waals surface area contributed by atoms with Crippen molar-refractivity contribution in [3.8, 4) is 0 Å². The number of hydrogen-bond donors (Lipinski definition) is 1. The summed E-state index contributed by atoms with van der Waals surface area (Å²) < 4.78 is 13.0. The highest BCUT2D eigenvalue weighted by atomic mass is 19.1. The number of fused-ring (bicyclic) bond motifs is 1. The lowest BCUT2D eigenvalue weighted by molar-refractivity contribution is 0.0761. The maximum Gasteiger partial charge on any atom is 0.253 e. The van der Waals surface area contributed by atoms with Gasteiger partial charge in [-0.15, -0.1) is 0 Å². The van der Waals surface area contributed by atoms with Gasteiger partial charge in [-0.1, -0.05) is 12.1 Å². The summed E-state index contributed by atoms with van der Waals surface area (Å²) in [5.74, 6) is -0.152. The van der Waals surface area contributed by atoms with Gasteiger partial charge in [-0.05, 0) is 42.3 Å². The molecule has 0 unspecified atom stereocenters. The molecule has 4 rings (SSSR count). The Balaban J connectivity index is 1.41. The zero-order valence-electron chi connectivity index (χ0n) is 14.5. The van der Waals surface area contributed by atoms with E-state index in [0.29, 0.717) is 12.1 Å². The Labute approximate surface area is 151 Å². The van der Waals surface area contributed by atoms with Crippen molar-refractivity contribution in [2.45, 2.75) is 13.0 Å². The summed E-state index contributed by atoms with van der Waals surface area (Å²) in [6.45, 7) is 3.97. The molecule has 0 bridgehead atoms. The molecule has 2 aromatic carbocycles. The monoisotopic (exact) mass is 352 g/mol. The number of carbonyl (C=O) groups excluding carboxylic acids is 1. The molecule has 1 N–H and O–H groups in total. The Morgan fingerprint density at radius 1 is 1.08 bits per heavy atom. The molecule has 0 aliphatic carbocycles. The molecule has 6 heteroatoms. The molecule has 26 heavy (non-hydrogen) atoms. The standard InChI is InChI=1S/C20H21FN4O/c21-17-5-2-15(3-6-17)13-24-8-1-9-25(11-10-24)20(26)16-4-7-18-19(12-16)23-14-22-18/h2-7,12,14H,1,8-11,13H2,(H,22,23). The highest BCUT2D eigenvalue weighted by Crippen LogP contribution is 2.16. The predicted molar refractivity (Wildman–Crippen MR) is 98.3 cm³/mol. The van der Waals surface area contributed by atoms with E-state index in [2.05, 4.69) is 14.9 Å². The summed E-state index contributed by atoms with van der Waals surface area (Å²) in [5, 5.41) is 0. The average Bonchev–Trinajstić information content (AvgIpc) is 3.01. The molecule has 0 saturated carbocycles. The first-order valence-corrected chi connectivity index (χ1v) is 8.88. The molecule has 3 aromatic rings. The topological polar surface area (TPSA) is 52.2 Å². The number of benzene rings is 2. The van der Waals surface area contributed by atoms with Gasteiger partial charge in [0, 0.05) is 38.3 Å². The molecular formula is C20H21FN4O. The van der Waals surface area contributed by atoms with E-state index in [1.165, 1.54) is 12.1 Å². The third-order valence-corrected chi connectivity index (χ3v) is 4.86. The van der Waals surface area contributed by atoms with E-state index in [4.69, 9.17) is 0 Å². The lowest BCUT2D eigenvalue weighted by Crippen LogP contribution is -2.35. The van der Waals surface area contributed by atoms with E-state index in [-0.39, 0.29) is 11.7 Å². The third kappa shape index (κ3) is 3.60. The van der Waals surface area contributed by atoms with E-state index in [0.717, 1.165) is 49.2 Å². The van der Waals surface area contributed by atoms with Crippen LogP contribution < -0.4 is 0 Å². The minimum Gasteiger partial charge on any atom is -0.345 e. The van der Waals surface area contributed by atoms with E-state index < -0.39 is 0 Å². The number of carbonyl (C=O) groups is 1. The number of aromatic amines is 1. The Bertz CT molecular complexity index is 906. The van der Waals surface area contributed by atoms with E-state index in [9.17, 15) is 9.18 Å². The molecule has 0 atom stereocenters. The first-order chi connectivity index (χ1) is 12.7. The van der Waals surface area contributed by atoms with Crippen LogP contribution in [0, 0.1) is 5.82 Å². The van der Waals surface area contributed by atoms with Crippen molar-refractivity contribution in [3.05, 3.63) is 65.7 Å². The summed E-state index contributed by atoms with van der Waals surface area (Å²) >= 11 is 0. The van der Waals surface area contributed by atoms with Crippen molar-refractivity contribution in [1.29, 1.82) is 0 Å². The van der Waals surface area contributed by atoms with Gasteiger partial charge < -0.3 is 9.88 Å². The Morgan fingerprint density at radius 2 is 1.92 bits per heavy atom. The second-order valence-corrected chi connectivity index (χ2v) is 6.68. The van der Waals surface area contributed by atoms with Crippen molar-refractivity contribution in [3.63, 3.8) is 0 Å². The lowest BCUT2D eigenvalue weighted by Gasteiger charge is -2.22. The van der Waals surface area contributed by atoms with Gasteiger partial charge in [0.05, 0.1) is 17.4 Å². The van der Waals surface area contributed by atoms with Crippen LogP contribution in [0.4, 0.5) is 4.39 Å². The maximum absolute atomic E-state index is 13.0. The van der Waals surface area contributed by atoms with E-state index in [1.54, 1.807) is 6.33 Å². The number of amides is 1. The van der Waals surface area contributed by atoms with Crippen LogP contribution in [0.5, 0.6) is 0 Å². The van der Waals surface area contributed by atoms with Gasteiger partial charge in [0.25, 0.3) is 5.91 Å². The van der Waals surface area contributed by atoms with Crippen LogP contribution >= 0.6 is 0 Å². The van der Waals surface area contributed by atoms with Crippen molar-refractivity contribution in [2.75, 3.05) is 26.2 Å². The fourth-order valence-electron chi connectivity index (χ4n) is 3.43. The lowest BCUT2D eigenvalue weighted by atomic mass is 10.1. The van der Waals surface area contributed by atoms with Crippen LogP contribution in [0.3, 0.4) is 0 Å². The van der Waals surface area contributed by atoms with Gasteiger partial charge in [-0.3, -0.25) is 9.69 Å². The normalized spacial score (nSPS) is 16.0. The van der Waals surface area contributed by atoms with Crippen LogP contribution in [-0.4, -0.2) is 51.9 Å². The summed E-state index contributed by atoms with van der Waals surface area (Å²) in [4.78, 5) is 24.3. The van der Waals surface area contributed by atoms with Crippen LogP contribution in [0.25, 0.3) is 11.0 Å². The molecule has 1 aliphatic heterocycles. The number of halogens is 1. The largest absolute Gasteiger partial charge is 0.345 e. The van der Waals surface area contributed by atoms with Gasteiger partial charge in [0.15, 0.2) is 0 Å². The molecule has 1 amide bonds. The Kier molecular flexibility index (Phi) is 4.67. The smallest absolute Gasteiger partial charge is 0.253 e. The average molecular weight is 352 g/mol. The summed E-state index contributed by atoms with van der Waals surface area (Å²) in [7, 11) is 0. The number of rotatable bonds is 3. The van der Waals surface area contributed by atoms with Crippen LogP contribution in [-0.2, 0) is 6.54 Å². The zero-order chi connectivity index (χ0) is 17.9. The molecule has 2 heterocycles. The molecule has 1 aromatic heterocycles. The molecule has 1 aliphatic rings. The zero-order valence-corrected chi connectivity index (χ0v) is 14.5. The molecule has 0 spiro atoms. The summed E-state index contributed by atoms with van der Waals surface area (Å²) in [6.07, 6.45) is 2.57. The summed E-state index contributed by atoms with van der Waals surface area (Å²) in [5.41, 5.74) is 3.52. The van der Waals surface area contributed by atoms with E-state index in [1.807, 2.05) is 35.2 Å². The van der Waals surface area contributed by atoms with Crippen molar-refractivity contribution in [2.24, 2.45) is 0 Å². The highest BCUT2D eigenvalue weighted by Gasteiger charge is 2.20. The number of nitrogens with zero attached hydrogens (tertiary/aromatic N) is 3. The molecule has 1 saturated heterocycles. The molecule has 5 nitrogen and oxygen atoms in total. The van der Waals surface area contributed by atoms with Crippen molar-refractivity contribution < 1.29 is 9.18 Å². The minimum absolute atomic E-state index is 0.0603. The first kappa shape index (κ1) is 16.7. The quantitative estimate of drug-likeness (QED) is 0.788. The van der Waals surface area contributed by atoms with Gasteiger partial charge in [0.2, 0.25) is 0 Å². The molecule has 1 fully saturated rings. The molecule has 0 radical (unpaired) electrons. The fraction of sp³-hybridized carbons (Fsp3) is 0.300. The van der Waals surface area contributed by atoms with Crippen molar-refractivity contribution in [1.82, 2.24) is 19.8 Å². The Morgan fingerprint density at radius 3 is 2.77 bits per heavy atom. The highest BCUT2D eigenvalue weighted by molar-refractivity contribution is 5.97. The third-order valence-electron chi connectivity index (χ3n) is 4.86. The fourth-order valence-corrected chi connectivity index (χ4v) is 3.43. The Hall–Kier alpha value is -2.73. The molecular weight excluding hydrogens is 331 g/mol. The number of hydrogen-bond acceptors (Lipinski definition) is 3. The van der Waals surface area contributed by atoms with Crippen LogP contribution in [0.15, 0.2) is 48.8 Å². The molecule has 134 valence electrons. The number of H-pyrrole nitrogens is 1. The van der Waals surface area contributed by atoms with Crippen molar-refractivity contribution >= 4 is 16.9 Å². The maximum atomic E-state index is 13.0. The number of nitrogens with one attached hydrogen (secondary N) is 1. The van der Waals surface area contributed by atoms with E-state index >= 15 is 0 Å². The number of imidazole rings is 1. The van der Waals surface area contributed by atoms with Gasteiger partial charge in [-0.25, -0.2) is 9.37 Å². The van der Waals surface area contributed by atoms with Gasteiger partial charge in [0.1, 0.15) is 5.82 Å². The first-order valence-electron chi connectivity index (χ1n) is 8.88. The van der Waals surface area contributed by atoms with Gasteiger partial charge in [-0.2, -0.15) is 0 Å². The van der Waals surface area contributed by atoms with Crippen LogP contribution in [0.2, 0.25) is 0 Å². The second-order valence-electron chi connectivity index (χ2n) is 6.68. The van der Waals surface area contributed by atoms with Gasteiger partial charge >= 0.3 is 0 Å². The SMILES string of the molecule is O=C(c1ccc2nc[nH]c2c1)N1CCCN(Cc2ccc(F)cc2)CC1. The second kappa shape index (κ2) is 7.25.